The maximum absolute atomic E-state index is 10.8. The molecule has 64 valence electrons. The number of unbranched alkanes of at least 4 members (excludes halogenated alkanes) is 1. The van der Waals surface area contributed by atoms with Gasteiger partial charge in [-0.05, 0) is 6.42 Å². The minimum absolute atomic E-state index is 0.0192. The molecule has 11 heavy (non-hydrogen) atoms. The minimum atomic E-state index is -0.931. The third-order valence-corrected chi connectivity index (χ3v) is 2.01. The molecule has 0 bridgehead atoms. The average Bonchev–Trinajstić information content (AvgIpc) is 1.97. The van der Waals surface area contributed by atoms with Crippen molar-refractivity contribution in [3.05, 3.63) is 0 Å². The molecule has 0 spiro atoms. The molecule has 0 atom stereocenters. The van der Waals surface area contributed by atoms with Gasteiger partial charge in [0.05, 0.1) is 5.75 Å². The van der Waals surface area contributed by atoms with Gasteiger partial charge in [0.1, 0.15) is 0 Å². The summed E-state index contributed by atoms with van der Waals surface area (Å²) in [4.78, 5) is 20.8. The van der Waals surface area contributed by atoms with Crippen LogP contribution in [0.2, 0.25) is 0 Å². The van der Waals surface area contributed by atoms with E-state index >= 15 is 0 Å². The Bertz CT molecular complexity index is 145. The first-order chi connectivity index (χ1) is 5.16. The van der Waals surface area contributed by atoms with Crippen molar-refractivity contribution in [2.75, 3.05) is 5.75 Å². The minimum Gasteiger partial charge on any atom is -0.481 e. The number of carboxylic acid groups (broad SMARTS) is 1. The van der Waals surface area contributed by atoms with Crippen LogP contribution < -0.4 is 0 Å². The van der Waals surface area contributed by atoms with Crippen LogP contribution in [-0.4, -0.2) is 21.9 Å². The van der Waals surface area contributed by atoms with E-state index in [2.05, 4.69) is 0 Å². The predicted octanol–water partition coefficient (Wildman–Crippen LogP) is 1.52. The van der Waals surface area contributed by atoms with Gasteiger partial charge in [-0.2, -0.15) is 0 Å². The van der Waals surface area contributed by atoms with E-state index in [4.69, 9.17) is 5.11 Å². The Morgan fingerprint density at radius 2 is 2.09 bits per heavy atom. The van der Waals surface area contributed by atoms with Crippen molar-refractivity contribution in [3.63, 3.8) is 0 Å². The van der Waals surface area contributed by atoms with Crippen molar-refractivity contribution < 1.29 is 14.7 Å². The molecule has 0 aromatic heterocycles. The monoisotopic (exact) mass is 176 g/mol. The van der Waals surface area contributed by atoms with Crippen LogP contribution in [0.1, 0.15) is 26.2 Å². The molecule has 0 aromatic carbocycles. The largest absolute Gasteiger partial charge is 0.481 e. The predicted molar refractivity (Wildman–Crippen MR) is 44.6 cm³/mol. The topological polar surface area (TPSA) is 54.4 Å². The third-order valence-electron chi connectivity index (χ3n) is 1.09. The van der Waals surface area contributed by atoms with Gasteiger partial charge in [0, 0.05) is 6.42 Å². The van der Waals surface area contributed by atoms with E-state index in [1.54, 1.807) is 0 Å². The smallest absolute Gasteiger partial charge is 0.313 e. The van der Waals surface area contributed by atoms with Crippen LogP contribution >= 0.6 is 11.8 Å². The number of carboxylic acids is 1. The maximum atomic E-state index is 10.8. The summed E-state index contributed by atoms with van der Waals surface area (Å²) >= 11 is 0.886. The first-order valence-corrected chi connectivity index (χ1v) is 4.52. The molecule has 0 saturated heterocycles. The van der Waals surface area contributed by atoms with E-state index in [1.807, 2.05) is 6.92 Å². The van der Waals surface area contributed by atoms with E-state index in [9.17, 15) is 9.59 Å². The van der Waals surface area contributed by atoms with Gasteiger partial charge in [0.25, 0.3) is 0 Å². The molecule has 0 heterocycles. The van der Waals surface area contributed by atoms with Gasteiger partial charge in [-0.15, -0.1) is 0 Å². The molecule has 4 heteroatoms. The number of hydrogen-bond donors (Lipinski definition) is 1. The van der Waals surface area contributed by atoms with Crippen LogP contribution in [0.3, 0.4) is 0 Å². The third kappa shape index (κ3) is 7.39. The van der Waals surface area contributed by atoms with Crippen molar-refractivity contribution in [1.82, 2.24) is 0 Å². The molecule has 0 aliphatic carbocycles. The lowest BCUT2D eigenvalue weighted by atomic mass is 10.3. The summed E-state index contributed by atoms with van der Waals surface area (Å²) in [6, 6.07) is 0. The molecular weight excluding hydrogens is 164 g/mol. The zero-order chi connectivity index (χ0) is 8.69. The van der Waals surface area contributed by atoms with Crippen LogP contribution in [-0.2, 0) is 9.59 Å². The van der Waals surface area contributed by atoms with E-state index in [-0.39, 0.29) is 10.9 Å². The number of rotatable bonds is 5. The van der Waals surface area contributed by atoms with Crippen molar-refractivity contribution in [2.45, 2.75) is 26.2 Å². The van der Waals surface area contributed by atoms with Gasteiger partial charge in [-0.1, -0.05) is 25.1 Å². The second kappa shape index (κ2) is 6.22. The highest BCUT2D eigenvalue weighted by atomic mass is 32.2. The second-order valence-corrected chi connectivity index (χ2v) is 3.19. The van der Waals surface area contributed by atoms with Crippen LogP contribution in [0.25, 0.3) is 0 Å². The molecule has 0 saturated carbocycles. The fraction of sp³-hybridized carbons (Fsp3) is 0.714. The number of aliphatic carboxylic acids is 1. The normalized spacial score (nSPS) is 9.55. The zero-order valence-corrected chi connectivity index (χ0v) is 7.32. The summed E-state index contributed by atoms with van der Waals surface area (Å²) < 4.78 is 0. The summed E-state index contributed by atoms with van der Waals surface area (Å²) in [5.74, 6) is -1.04. The summed E-state index contributed by atoms with van der Waals surface area (Å²) in [6.07, 6.45) is 2.32. The fourth-order valence-electron chi connectivity index (χ4n) is 0.536. The Labute approximate surface area is 70.2 Å². The molecular formula is C7H12O3S. The van der Waals surface area contributed by atoms with Gasteiger partial charge >= 0.3 is 5.97 Å². The highest BCUT2D eigenvalue weighted by molar-refractivity contribution is 8.14. The van der Waals surface area contributed by atoms with E-state index in [0.29, 0.717) is 6.42 Å². The zero-order valence-electron chi connectivity index (χ0n) is 6.50. The lowest BCUT2D eigenvalue weighted by Crippen LogP contribution is -2.02. The first kappa shape index (κ1) is 10.5. The maximum Gasteiger partial charge on any atom is 0.313 e. The highest BCUT2D eigenvalue weighted by Crippen LogP contribution is 2.07. The summed E-state index contributed by atoms with van der Waals surface area (Å²) in [5, 5.41) is 8.20. The van der Waals surface area contributed by atoms with Gasteiger partial charge in [0.2, 0.25) is 0 Å². The molecule has 0 aromatic rings. The Morgan fingerprint density at radius 3 is 2.55 bits per heavy atom. The SMILES string of the molecule is CCCCC(=O)SCC(=O)O. The van der Waals surface area contributed by atoms with Crippen molar-refractivity contribution >= 4 is 22.8 Å². The molecule has 0 aliphatic rings. The highest BCUT2D eigenvalue weighted by Gasteiger charge is 2.04. The number of carbonyl (C=O) groups excluding carboxylic acids is 1. The summed E-state index contributed by atoms with van der Waals surface area (Å²) in [6.45, 7) is 2.00. The van der Waals surface area contributed by atoms with Crippen LogP contribution in [0.4, 0.5) is 0 Å². The van der Waals surface area contributed by atoms with Crippen LogP contribution in [0, 0.1) is 0 Å². The molecule has 3 nitrogen and oxygen atoms in total. The van der Waals surface area contributed by atoms with E-state index in [1.165, 1.54) is 0 Å². The Balaban J connectivity index is 3.30. The second-order valence-electron chi connectivity index (χ2n) is 2.16. The Kier molecular flexibility index (Phi) is 5.93. The lowest BCUT2D eigenvalue weighted by molar-refractivity contribution is -0.134. The van der Waals surface area contributed by atoms with Gasteiger partial charge in [-0.25, -0.2) is 0 Å². The van der Waals surface area contributed by atoms with E-state index in [0.717, 1.165) is 24.6 Å². The van der Waals surface area contributed by atoms with Crippen LogP contribution in [0.15, 0.2) is 0 Å². The van der Waals surface area contributed by atoms with Crippen molar-refractivity contribution in [2.24, 2.45) is 0 Å². The van der Waals surface area contributed by atoms with Crippen LogP contribution in [0.5, 0.6) is 0 Å². The molecule has 0 radical (unpaired) electrons. The quantitative estimate of drug-likeness (QED) is 0.690. The molecule has 0 aliphatic heterocycles. The number of hydrogen-bond acceptors (Lipinski definition) is 3. The van der Waals surface area contributed by atoms with Gasteiger partial charge < -0.3 is 5.11 Å². The first-order valence-electron chi connectivity index (χ1n) is 3.54. The van der Waals surface area contributed by atoms with Crippen molar-refractivity contribution in [1.29, 1.82) is 0 Å². The van der Waals surface area contributed by atoms with E-state index < -0.39 is 5.97 Å². The Morgan fingerprint density at radius 1 is 1.45 bits per heavy atom. The molecule has 0 amide bonds. The number of carbonyl (C=O) groups is 2. The summed E-state index contributed by atoms with van der Waals surface area (Å²) in [7, 11) is 0. The molecule has 0 unspecified atom stereocenters. The van der Waals surface area contributed by atoms with Gasteiger partial charge in [-0.3, -0.25) is 9.59 Å². The fourth-order valence-corrected chi connectivity index (χ4v) is 1.11. The molecule has 0 fully saturated rings. The molecule has 0 rings (SSSR count). The van der Waals surface area contributed by atoms with Gasteiger partial charge in [0.15, 0.2) is 5.12 Å². The summed E-state index contributed by atoms with van der Waals surface area (Å²) in [5.41, 5.74) is 0. The standard InChI is InChI=1S/C7H12O3S/c1-2-3-4-7(10)11-5-6(8)9/h2-5H2,1H3,(H,8,9). The lowest BCUT2D eigenvalue weighted by Gasteiger charge is -1.94. The molecule has 1 N–H and O–H groups in total. The van der Waals surface area contributed by atoms with Crippen molar-refractivity contribution in [3.8, 4) is 0 Å². The number of thioether (sulfide) groups is 1. The Hall–Kier alpha value is -0.510. The average molecular weight is 176 g/mol.